The van der Waals surface area contributed by atoms with E-state index in [0.29, 0.717) is 45.1 Å². The normalized spacial score (nSPS) is 20.9. The number of rotatable bonds is 5. The zero-order valence-electron chi connectivity index (χ0n) is 14.3. The van der Waals surface area contributed by atoms with Crippen LogP contribution in [0.1, 0.15) is 19.8 Å². The number of nitrogens with zero attached hydrogens (tertiary/aromatic N) is 4. The molecule has 25 heavy (non-hydrogen) atoms. The first-order chi connectivity index (χ1) is 11.8. The van der Waals surface area contributed by atoms with Crippen molar-refractivity contribution in [3.8, 4) is 0 Å². The number of piperazine rings is 1. The highest BCUT2D eigenvalue weighted by Crippen LogP contribution is 2.22. The molecule has 0 N–H and O–H groups in total. The molecule has 0 unspecified atom stereocenters. The molecule has 0 radical (unpaired) electrons. The van der Waals surface area contributed by atoms with Crippen molar-refractivity contribution in [2.45, 2.75) is 24.7 Å². The van der Waals surface area contributed by atoms with Gasteiger partial charge in [-0.3, -0.25) is 0 Å². The predicted molar refractivity (Wildman–Crippen MR) is 95.5 cm³/mol. The Morgan fingerprint density at radius 1 is 0.920 bits per heavy atom. The highest BCUT2D eigenvalue weighted by Gasteiger charge is 2.29. The van der Waals surface area contributed by atoms with Crippen LogP contribution in [0.4, 0.5) is 5.82 Å². The molecule has 2 fully saturated rings. The molecule has 3 rings (SSSR count). The molecule has 0 aromatic carbocycles. The van der Waals surface area contributed by atoms with Crippen LogP contribution in [0.2, 0.25) is 0 Å². The molecule has 1 aromatic rings. The number of hydrogen-bond donors (Lipinski definition) is 0. The molecule has 0 saturated carbocycles. The second-order valence-electron chi connectivity index (χ2n) is 6.25. The quantitative estimate of drug-likeness (QED) is 0.722. The van der Waals surface area contributed by atoms with E-state index in [1.807, 2.05) is 4.90 Å². The van der Waals surface area contributed by atoms with Crippen LogP contribution in [-0.4, -0.2) is 75.5 Å². The molecular formula is C15H24N4O4S2. The maximum Gasteiger partial charge on any atom is 0.244 e. The summed E-state index contributed by atoms with van der Waals surface area (Å²) in [6, 6.07) is 3.29. The summed E-state index contributed by atoms with van der Waals surface area (Å²) in [7, 11) is -6.61. The van der Waals surface area contributed by atoms with Crippen LogP contribution < -0.4 is 4.90 Å². The first-order valence-corrected chi connectivity index (χ1v) is 11.6. The summed E-state index contributed by atoms with van der Waals surface area (Å²) in [6.07, 6.45) is 3.20. The van der Waals surface area contributed by atoms with E-state index in [2.05, 4.69) is 4.98 Å². The molecule has 2 saturated heterocycles. The van der Waals surface area contributed by atoms with E-state index in [4.69, 9.17) is 0 Å². The number of pyridine rings is 1. The van der Waals surface area contributed by atoms with Crippen molar-refractivity contribution in [1.29, 1.82) is 0 Å². The third-order valence-electron chi connectivity index (χ3n) is 4.74. The summed E-state index contributed by atoms with van der Waals surface area (Å²) >= 11 is 0. The van der Waals surface area contributed by atoms with Gasteiger partial charge in [-0.1, -0.05) is 0 Å². The second kappa shape index (κ2) is 7.18. The van der Waals surface area contributed by atoms with Gasteiger partial charge in [0.15, 0.2) is 0 Å². The topological polar surface area (TPSA) is 90.9 Å². The van der Waals surface area contributed by atoms with E-state index in [-0.39, 0.29) is 10.6 Å². The van der Waals surface area contributed by atoms with E-state index in [0.717, 1.165) is 12.8 Å². The van der Waals surface area contributed by atoms with Crippen molar-refractivity contribution >= 4 is 25.9 Å². The van der Waals surface area contributed by atoms with Crippen LogP contribution >= 0.6 is 0 Å². The van der Waals surface area contributed by atoms with Crippen molar-refractivity contribution in [2.24, 2.45) is 0 Å². The Morgan fingerprint density at radius 3 is 2.08 bits per heavy atom. The number of hydrogen-bond acceptors (Lipinski definition) is 6. The van der Waals surface area contributed by atoms with Gasteiger partial charge in [-0.25, -0.2) is 21.8 Å². The van der Waals surface area contributed by atoms with Crippen LogP contribution in [0, 0.1) is 0 Å². The molecule has 0 atom stereocenters. The Balaban J connectivity index is 1.68. The molecule has 2 aliphatic heterocycles. The smallest absolute Gasteiger partial charge is 0.244 e. The Kier molecular flexibility index (Phi) is 5.33. The third kappa shape index (κ3) is 3.81. The predicted octanol–water partition coefficient (Wildman–Crippen LogP) is 0.338. The van der Waals surface area contributed by atoms with E-state index in [1.54, 1.807) is 19.1 Å². The van der Waals surface area contributed by atoms with Gasteiger partial charge in [-0.15, -0.1) is 0 Å². The van der Waals surface area contributed by atoms with E-state index >= 15 is 0 Å². The minimum Gasteiger partial charge on any atom is -0.354 e. The van der Waals surface area contributed by atoms with Crippen LogP contribution in [0.15, 0.2) is 23.2 Å². The number of anilines is 1. The van der Waals surface area contributed by atoms with Gasteiger partial charge >= 0.3 is 0 Å². The molecular weight excluding hydrogens is 364 g/mol. The molecule has 8 nitrogen and oxygen atoms in total. The van der Waals surface area contributed by atoms with E-state index < -0.39 is 20.0 Å². The standard InChI is InChI=1S/C15H24N4O4S2/c1-2-24(20,21)18-11-9-17(10-12-18)15-6-5-14(13-16-15)25(22,23)19-7-3-4-8-19/h5-6,13H,2-4,7-12H2,1H3. The highest BCUT2D eigenvalue weighted by atomic mass is 32.2. The maximum atomic E-state index is 12.5. The van der Waals surface area contributed by atoms with Crippen molar-refractivity contribution in [3.63, 3.8) is 0 Å². The Bertz CT molecular complexity index is 794. The Morgan fingerprint density at radius 2 is 1.56 bits per heavy atom. The molecule has 0 spiro atoms. The zero-order valence-corrected chi connectivity index (χ0v) is 16.0. The molecule has 0 amide bonds. The van der Waals surface area contributed by atoms with Crippen molar-refractivity contribution in [1.82, 2.24) is 13.6 Å². The summed E-state index contributed by atoms with van der Waals surface area (Å²) in [5.41, 5.74) is 0. The molecule has 1 aromatic heterocycles. The lowest BCUT2D eigenvalue weighted by Gasteiger charge is -2.34. The summed E-state index contributed by atoms with van der Waals surface area (Å²) < 4.78 is 51.8. The lowest BCUT2D eigenvalue weighted by Crippen LogP contribution is -2.49. The molecule has 140 valence electrons. The molecule has 0 bridgehead atoms. The highest BCUT2D eigenvalue weighted by molar-refractivity contribution is 7.89. The van der Waals surface area contributed by atoms with E-state index in [9.17, 15) is 16.8 Å². The minimum absolute atomic E-state index is 0.105. The summed E-state index contributed by atoms with van der Waals surface area (Å²) in [5.74, 6) is 0.780. The lowest BCUT2D eigenvalue weighted by molar-refractivity contribution is 0.384. The average Bonchev–Trinajstić information content (AvgIpc) is 3.17. The molecule has 10 heteroatoms. The summed E-state index contributed by atoms with van der Waals surface area (Å²) in [6.45, 7) is 4.71. The Hall–Kier alpha value is -1.23. The monoisotopic (exact) mass is 388 g/mol. The van der Waals surface area contributed by atoms with Crippen LogP contribution in [-0.2, 0) is 20.0 Å². The van der Waals surface area contributed by atoms with Crippen LogP contribution in [0.3, 0.4) is 0 Å². The van der Waals surface area contributed by atoms with Gasteiger partial charge < -0.3 is 4.90 Å². The second-order valence-corrected chi connectivity index (χ2v) is 10.4. The lowest BCUT2D eigenvalue weighted by atomic mass is 10.3. The van der Waals surface area contributed by atoms with Gasteiger partial charge in [0.05, 0.1) is 5.75 Å². The zero-order chi connectivity index (χ0) is 18.1. The van der Waals surface area contributed by atoms with Gasteiger partial charge in [0.25, 0.3) is 0 Å². The fraction of sp³-hybridized carbons (Fsp3) is 0.667. The molecule has 2 aliphatic rings. The van der Waals surface area contributed by atoms with Gasteiger partial charge in [-0.05, 0) is 31.9 Å². The maximum absolute atomic E-state index is 12.5. The van der Waals surface area contributed by atoms with Crippen molar-refractivity contribution in [3.05, 3.63) is 18.3 Å². The number of sulfonamides is 2. The van der Waals surface area contributed by atoms with Gasteiger partial charge in [-0.2, -0.15) is 8.61 Å². The first-order valence-electron chi connectivity index (χ1n) is 8.53. The summed E-state index contributed by atoms with van der Waals surface area (Å²) in [5, 5.41) is 0. The van der Waals surface area contributed by atoms with Gasteiger partial charge in [0.1, 0.15) is 10.7 Å². The van der Waals surface area contributed by atoms with E-state index in [1.165, 1.54) is 14.8 Å². The van der Waals surface area contributed by atoms with Crippen LogP contribution in [0.5, 0.6) is 0 Å². The van der Waals surface area contributed by atoms with Crippen LogP contribution in [0.25, 0.3) is 0 Å². The SMILES string of the molecule is CCS(=O)(=O)N1CCN(c2ccc(S(=O)(=O)N3CCCC3)cn2)CC1. The largest absolute Gasteiger partial charge is 0.354 e. The fourth-order valence-electron chi connectivity index (χ4n) is 3.17. The fourth-order valence-corrected chi connectivity index (χ4v) is 5.72. The third-order valence-corrected chi connectivity index (χ3v) is 8.51. The van der Waals surface area contributed by atoms with Gasteiger partial charge in [0.2, 0.25) is 20.0 Å². The molecule has 3 heterocycles. The first kappa shape index (κ1) is 18.6. The van der Waals surface area contributed by atoms with Crippen molar-refractivity contribution < 1.29 is 16.8 Å². The number of aromatic nitrogens is 1. The van der Waals surface area contributed by atoms with Gasteiger partial charge in [0, 0.05) is 45.5 Å². The van der Waals surface area contributed by atoms with Crippen molar-refractivity contribution in [2.75, 3.05) is 49.9 Å². The summed E-state index contributed by atoms with van der Waals surface area (Å²) in [4.78, 5) is 6.49. The average molecular weight is 389 g/mol. The molecule has 0 aliphatic carbocycles. The Labute approximate surface area is 149 Å². The minimum atomic E-state index is -3.45.